The van der Waals surface area contributed by atoms with Gasteiger partial charge in [0.2, 0.25) is 15.9 Å². The second-order valence-electron chi connectivity index (χ2n) is 6.03. The van der Waals surface area contributed by atoms with Crippen LogP contribution in [0.1, 0.15) is 33.1 Å². The van der Waals surface area contributed by atoms with Crippen molar-refractivity contribution >= 4 is 10.0 Å². The van der Waals surface area contributed by atoms with Gasteiger partial charge in [0.05, 0.1) is 18.4 Å². The summed E-state index contributed by atoms with van der Waals surface area (Å²) in [7, 11) is -3.56. The van der Waals surface area contributed by atoms with Crippen LogP contribution in [0.25, 0.3) is 0 Å². The summed E-state index contributed by atoms with van der Waals surface area (Å²) in [5.41, 5.74) is -0.226. The Labute approximate surface area is 131 Å². The summed E-state index contributed by atoms with van der Waals surface area (Å²) in [4.78, 5) is 0.187. The van der Waals surface area contributed by atoms with Crippen molar-refractivity contribution in [3.8, 4) is 5.88 Å². The summed E-state index contributed by atoms with van der Waals surface area (Å²) in [6.45, 7) is 6.82. The normalized spacial score (nSPS) is 22.1. The number of hydrogen-bond acceptors (Lipinski definition) is 5. The summed E-state index contributed by atoms with van der Waals surface area (Å²) in [6, 6.07) is 0. The predicted octanol–water partition coefficient (Wildman–Crippen LogP) is 1.25. The van der Waals surface area contributed by atoms with E-state index in [0.29, 0.717) is 51.6 Å². The molecule has 0 amide bonds. The van der Waals surface area contributed by atoms with Crippen molar-refractivity contribution in [3.63, 3.8) is 0 Å². The van der Waals surface area contributed by atoms with Crippen molar-refractivity contribution in [2.24, 2.45) is 0 Å². The molecule has 1 aromatic heterocycles. The van der Waals surface area contributed by atoms with Gasteiger partial charge >= 0.3 is 0 Å². The van der Waals surface area contributed by atoms with E-state index in [1.54, 1.807) is 4.68 Å². The van der Waals surface area contributed by atoms with E-state index in [1.165, 1.54) is 10.5 Å². The molecular formula is C14H23N3O4S. The first-order valence-electron chi connectivity index (χ1n) is 7.79. The number of aryl methyl sites for hydroxylation is 1. The lowest BCUT2D eigenvalue weighted by atomic mass is 9.95. The first-order valence-corrected chi connectivity index (χ1v) is 9.23. The Morgan fingerprint density at radius 3 is 2.77 bits per heavy atom. The van der Waals surface area contributed by atoms with E-state index in [0.717, 1.165) is 6.42 Å². The number of hydrogen-bond donors (Lipinski definition) is 0. The third kappa shape index (κ3) is 2.75. The molecule has 3 rings (SSSR count). The Balaban J connectivity index is 1.79. The molecule has 0 atom stereocenters. The number of rotatable bonds is 4. The highest BCUT2D eigenvalue weighted by Gasteiger charge is 2.38. The first kappa shape index (κ1) is 15.8. The van der Waals surface area contributed by atoms with Gasteiger partial charge in [0, 0.05) is 32.7 Å². The summed E-state index contributed by atoms with van der Waals surface area (Å²) in [6.07, 6.45) is 3.66. The van der Waals surface area contributed by atoms with E-state index in [2.05, 4.69) is 5.10 Å². The van der Waals surface area contributed by atoms with Crippen molar-refractivity contribution in [1.82, 2.24) is 14.1 Å². The molecule has 1 fully saturated rings. The van der Waals surface area contributed by atoms with Crippen molar-refractivity contribution in [3.05, 3.63) is 6.20 Å². The number of sulfonamides is 1. The van der Waals surface area contributed by atoms with Crippen LogP contribution in [0.3, 0.4) is 0 Å². The fourth-order valence-electron chi connectivity index (χ4n) is 3.05. The van der Waals surface area contributed by atoms with Crippen LogP contribution >= 0.6 is 0 Å². The Morgan fingerprint density at radius 1 is 1.36 bits per heavy atom. The van der Waals surface area contributed by atoms with Crippen LogP contribution in [0, 0.1) is 0 Å². The zero-order valence-corrected chi connectivity index (χ0v) is 13.9. The lowest BCUT2D eigenvalue weighted by molar-refractivity contribution is -0.0553. The van der Waals surface area contributed by atoms with Crippen LogP contribution in [0.15, 0.2) is 11.1 Å². The molecule has 2 aliphatic heterocycles. The Kier molecular flexibility index (Phi) is 4.17. The molecule has 22 heavy (non-hydrogen) atoms. The van der Waals surface area contributed by atoms with Crippen molar-refractivity contribution < 1.29 is 17.9 Å². The summed E-state index contributed by atoms with van der Waals surface area (Å²) in [5.74, 6) is 0.379. The lowest BCUT2D eigenvalue weighted by Crippen LogP contribution is -2.46. The van der Waals surface area contributed by atoms with Gasteiger partial charge in [-0.15, -0.1) is 0 Å². The molecule has 2 aliphatic rings. The lowest BCUT2D eigenvalue weighted by Gasteiger charge is -2.38. The smallest absolute Gasteiger partial charge is 0.250 e. The molecule has 7 nitrogen and oxygen atoms in total. The van der Waals surface area contributed by atoms with Gasteiger partial charge in [-0.2, -0.15) is 9.40 Å². The molecule has 0 bridgehead atoms. The minimum atomic E-state index is -3.56. The molecule has 0 N–H and O–H groups in total. The Hall–Kier alpha value is -1.12. The highest BCUT2D eigenvalue weighted by atomic mass is 32.2. The van der Waals surface area contributed by atoms with E-state index >= 15 is 0 Å². The second-order valence-corrected chi connectivity index (χ2v) is 7.93. The van der Waals surface area contributed by atoms with Gasteiger partial charge in [0.25, 0.3) is 0 Å². The van der Waals surface area contributed by atoms with Crippen LogP contribution < -0.4 is 4.74 Å². The van der Waals surface area contributed by atoms with Crippen LogP contribution in [0.2, 0.25) is 0 Å². The van der Waals surface area contributed by atoms with Crippen molar-refractivity contribution in [1.29, 1.82) is 0 Å². The first-order chi connectivity index (χ1) is 10.5. The third-order valence-corrected chi connectivity index (χ3v) is 6.28. The molecule has 3 heterocycles. The van der Waals surface area contributed by atoms with E-state index in [9.17, 15) is 8.42 Å². The molecule has 124 valence electrons. The van der Waals surface area contributed by atoms with Gasteiger partial charge in [0.1, 0.15) is 0 Å². The van der Waals surface area contributed by atoms with Gasteiger partial charge < -0.3 is 9.47 Å². The summed E-state index contributed by atoms with van der Waals surface area (Å²) < 4.78 is 40.1. The highest BCUT2D eigenvalue weighted by molar-refractivity contribution is 7.89. The van der Waals surface area contributed by atoms with Crippen LogP contribution in [0.5, 0.6) is 5.88 Å². The van der Waals surface area contributed by atoms with E-state index in [4.69, 9.17) is 9.47 Å². The average Bonchev–Trinajstić information content (AvgIpc) is 2.92. The molecule has 0 aromatic carbocycles. The monoisotopic (exact) mass is 329 g/mol. The van der Waals surface area contributed by atoms with Crippen LogP contribution in [0.4, 0.5) is 0 Å². The second kappa shape index (κ2) is 5.82. The SMILES string of the molecule is CCOC1(C)CCN(S(=O)(=O)c2cnn3c2OCCC3)CC1. The standard InChI is InChI=1S/C14H23N3O4S/c1-3-21-14(2)5-8-16(9-6-14)22(18,19)12-11-15-17-7-4-10-20-13(12)17/h11H,3-10H2,1-2H3. The van der Waals surface area contributed by atoms with Gasteiger partial charge in [-0.25, -0.2) is 13.1 Å². The van der Waals surface area contributed by atoms with Gasteiger partial charge in [-0.1, -0.05) is 0 Å². The summed E-state index contributed by atoms with van der Waals surface area (Å²) >= 11 is 0. The largest absolute Gasteiger partial charge is 0.477 e. The predicted molar refractivity (Wildman–Crippen MR) is 80.4 cm³/mol. The molecule has 1 saturated heterocycles. The Bertz CT molecular complexity index is 633. The third-order valence-electron chi connectivity index (χ3n) is 4.40. The van der Waals surface area contributed by atoms with Gasteiger partial charge in [-0.05, 0) is 26.7 Å². The highest BCUT2D eigenvalue weighted by Crippen LogP contribution is 2.33. The van der Waals surface area contributed by atoms with Crippen molar-refractivity contribution in [2.45, 2.75) is 50.2 Å². The Morgan fingerprint density at radius 2 is 2.09 bits per heavy atom. The zero-order valence-electron chi connectivity index (χ0n) is 13.1. The van der Waals surface area contributed by atoms with Crippen LogP contribution in [-0.2, 0) is 21.3 Å². The molecule has 0 unspecified atom stereocenters. The molecule has 1 aromatic rings. The van der Waals surface area contributed by atoms with Gasteiger partial charge in [0.15, 0.2) is 4.90 Å². The molecule has 0 radical (unpaired) electrons. The maximum Gasteiger partial charge on any atom is 0.250 e. The molecular weight excluding hydrogens is 306 g/mol. The topological polar surface area (TPSA) is 73.7 Å². The van der Waals surface area contributed by atoms with E-state index < -0.39 is 10.0 Å². The molecule has 0 spiro atoms. The molecule has 0 aliphatic carbocycles. The summed E-state index contributed by atoms with van der Waals surface area (Å²) in [5, 5.41) is 4.14. The molecule has 8 heteroatoms. The minimum Gasteiger partial charge on any atom is -0.477 e. The number of piperidine rings is 1. The fourth-order valence-corrected chi connectivity index (χ4v) is 4.56. The molecule has 0 saturated carbocycles. The quantitative estimate of drug-likeness (QED) is 0.831. The maximum atomic E-state index is 12.8. The maximum absolute atomic E-state index is 12.8. The zero-order chi connectivity index (χ0) is 15.8. The fraction of sp³-hybridized carbons (Fsp3) is 0.786. The number of ether oxygens (including phenoxy) is 2. The number of nitrogens with zero attached hydrogens (tertiary/aromatic N) is 3. The van der Waals surface area contributed by atoms with E-state index in [-0.39, 0.29) is 10.5 Å². The number of aromatic nitrogens is 2. The van der Waals surface area contributed by atoms with E-state index in [1.807, 2.05) is 13.8 Å². The number of fused-ring (bicyclic) bond motifs is 1. The van der Waals surface area contributed by atoms with Gasteiger partial charge in [-0.3, -0.25) is 0 Å². The van der Waals surface area contributed by atoms with Crippen molar-refractivity contribution in [2.75, 3.05) is 26.3 Å². The van der Waals surface area contributed by atoms with Crippen LogP contribution in [-0.4, -0.2) is 54.4 Å². The minimum absolute atomic E-state index is 0.187. The average molecular weight is 329 g/mol.